The first-order chi connectivity index (χ1) is 17.1. The Morgan fingerprint density at radius 1 is 1.03 bits per heavy atom. The number of esters is 2. The number of benzene rings is 2. The maximum Gasteiger partial charge on any atom is 0.335 e. The molecule has 0 radical (unpaired) electrons. The van der Waals surface area contributed by atoms with Gasteiger partial charge in [0.15, 0.2) is 5.79 Å². The molecule has 1 saturated heterocycles. The average molecular weight is 495 g/mol. The number of carbonyl (C=O) groups is 2. The van der Waals surface area contributed by atoms with Crippen molar-refractivity contribution in [3.63, 3.8) is 0 Å². The molecule has 0 saturated carbocycles. The Morgan fingerprint density at radius 2 is 1.67 bits per heavy atom. The summed E-state index contributed by atoms with van der Waals surface area (Å²) in [5.41, 5.74) is 2.84. The van der Waals surface area contributed by atoms with E-state index >= 15 is 0 Å². The van der Waals surface area contributed by atoms with Gasteiger partial charge in [-0.2, -0.15) is 0 Å². The van der Waals surface area contributed by atoms with E-state index in [0.717, 1.165) is 29.2 Å². The largest absolute Gasteiger partial charge is 0.493 e. The van der Waals surface area contributed by atoms with Crippen molar-refractivity contribution >= 4 is 11.9 Å². The Kier molecular flexibility index (Phi) is 8.71. The summed E-state index contributed by atoms with van der Waals surface area (Å²) in [6.07, 6.45) is 1.92. The van der Waals surface area contributed by atoms with Crippen molar-refractivity contribution in [2.45, 2.75) is 39.9 Å². The van der Waals surface area contributed by atoms with Crippen LogP contribution in [0.3, 0.4) is 0 Å². The Balaban J connectivity index is 1.74. The molecular formula is C29H34O7. The van der Waals surface area contributed by atoms with Crippen LogP contribution in [0.2, 0.25) is 0 Å². The Labute approximate surface area is 212 Å². The summed E-state index contributed by atoms with van der Waals surface area (Å²) in [7, 11) is 0. The zero-order valence-electron chi connectivity index (χ0n) is 21.4. The topological polar surface area (TPSA) is 80.3 Å². The van der Waals surface area contributed by atoms with Gasteiger partial charge in [0.2, 0.25) is 0 Å². The predicted octanol–water partition coefficient (Wildman–Crippen LogP) is 5.27. The number of rotatable bonds is 10. The molecule has 1 aliphatic rings. The molecule has 2 aromatic rings. The molecule has 1 fully saturated rings. The molecule has 0 amide bonds. The van der Waals surface area contributed by atoms with Crippen molar-refractivity contribution in [2.24, 2.45) is 5.41 Å². The molecule has 7 heteroatoms. The van der Waals surface area contributed by atoms with Gasteiger partial charge < -0.3 is 23.7 Å². The fourth-order valence-electron chi connectivity index (χ4n) is 3.62. The molecule has 0 aromatic heterocycles. The first-order valence-electron chi connectivity index (χ1n) is 11.9. The minimum absolute atomic E-state index is 0.0935. The third-order valence-corrected chi connectivity index (χ3v) is 5.86. The van der Waals surface area contributed by atoms with E-state index in [4.69, 9.17) is 23.7 Å². The molecule has 1 aliphatic heterocycles. The van der Waals surface area contributed by atoms with E-state index in [-0.39, 0.29) is 13.2 Å². The van der Waals surface area contributed by atoms with Gasteiger partial charge in [-0.1, -0.05) is 38.3 Å². The minimum Gasteiger partial charge on any atom is -0.493 e. The third-order valence-electron chi connectivity index (χ3n) is 5.86. The summed E-state index contributed by atoms with van der Waals surface area (Å²) in [6.45, 7) is 15.4. The summed E-state index contributed by atoms with van der Waals surface area (Å²) < 4.78 is 28.5. The average Bonchev–Trinajstić information content (AvgIpc) is 2.87. The number of hydrogen-bond donors (Lipinski definition) is 0. The molecular weight excluding hydrogens is 460 g/mol. The normalized spacial score (nSPS) is 16.0. The number of hydrogen-bond acceptors (Lipinski definition) is 7. The van der Waals surface area contributed by atoms with E-state index in [1.807, 2.05) is 44.2 Å². The van der Waals surface area contributed by atoms with Crippen LogP contribution in [0.5, 0.6) is 11.5 Å². The van der Waals surface area contributed by atoms with Crippen molar-refractivity contribution in [3.8, 4) is 22.6 Å². The summed E-state index contributed by atoms with van der Waals surface area (Å²) in [6, 6.07) is 13.2. The van der Waals surface area contributed by atoms with Gasteiger partial charge in [0.1, 0.15) is 24.7 Å². The molecule has 0 spiro atoms. The van der Waals surface area contributed by atoms with Gasteiger partial charge in [0, 0.05) is 11.6 Å². The lowest BCUT2D eigenvalue weighted by Gasteiger charge is -2.42. The van der Waals surface area contributed by atoms with Crippen LogP contribution in [0.4, 0.5) is 0 Å². The minimum atomic E-state index is -0.710. The van der Waals surface area contributed by atoms with Crippen LogP contribution >= 0.6 is 0 Å². The van der Waals surface area contributed by atoms with Crippen LogP contribution in [0.25, 0.3) is 11.1 Å². The lowest BCUT2D eigenvalue weighted by molar-refractivity contribution is -0.294. The third kappa shape index (κ3) is 7.06. The van der Waals surface area contributed by atoms with E-state index in [2.05, 4.69) is 20.1 Å². The highest BCUT2D eigenvalue weighted by Crippen LogP contribution is 2.33. The lowest BCUT2D eigenvalue weighted by Crippen LogP contribution is -2.52. The number of ether oxygens (including phenoxy) is 5. The van der Waals surface area contributed by atoms with Gasteiger partial charge in [-0.25, -0.2) is 9.59 Å². The highest BCUT2D eigenvalue weighted by molar-refractivity contribution is 5.87. The van der Waals surface area contributed by atoms with Crippen LogP contribution in [-0.2, 0) is 30.2 Å². The quantitative estimate of drug-likeness (QED) is 0.253. The summed E-state index contributed by atoms with van der Waals surface area (Å²) in [4.78, 5) is 23.4. The van der Waals surface area contributed by atoms with Crippen molar-refractivity contribution < 1.29 is 33.3 Å². The van der Waals surface area contributed by atoms with Crippen LogP contribution in [-0.4, -0.2) is 44.2 Å². The van der Waals surface area contributed by atoms with Gasteiger partial charge in [0.25, 0.3) is 0 Å². The van der Waals surface area contributed by atoms with Crippen molar-refractivity contribution in [1.82, 2.24) is 0 Å². The van der Waals surface area contributed by atoms with E-state index in [0.29, 0.717) is 30.3 Å². The van der Waals surface area contributed by atoms with Crippen molar-refractivity contribution in [2.75, 3.05) is 26.4 Å². The fraction of sp³-hybridized carbons (Fsp3) is 0.379. The SMILES string of the molecule is C=CC(=O)Oc1ccc(-c2ccc(OCC3(COC(=O)C(=C)C)COC(C)(C)OC3)cc2CC)cc1. The molecule has 0 unspecified atom stereocenters. The molecule has 2 aromatic carbocycles. The lowest BCUT2D eigenvalue weighted by atomic mass is 9.90. The van der Waals surface area contributed by atoms with Crippen molar-refractivity contribution in [3.05, 3.63) is 72.8 Å². The molecule has 0 atom stereocenters. The molecule has 192 valence electrons. The second-order valence-corrected chi connectivity index (χ2v) is 9.44. The smallest absolute Gasteiger partial charge is 0.335 e. The Hall–Kier alpha value is -3.42. The number of carbonyl (C=O) groups excluding carboxylic acids is 2. The number of aryl methyl sites for hydroxylation is 1. The molecule has 1 heterocycles. The zero-order chi connectivity index (χ0) is 26.3. The molecule has 0 bridgehead atoms. The van der Waals surface area contributed by atoms with Gasteiger partial charge in [-0.15, -0.1) is 0 Å². The molecule has 3 rings (SSSR count). The van der Waals surface area contributed by atoms with Crippen LogP contribution < -0.4 is 9.47 Å². The van der Waals surface area contributed by atoms with E-state index in [1.54, 1.807) is 19.1 Å². The van der Waals surface area contributed by atoms with Gasteiger partial charge in [0.05, 0.1) is 18.6 Å². The van der Waals surface area contributed by atoms with Gasteiger partial charge in [-0.05, 0) is 68.1 Å². The summed E-state index contributed by atoms with van der Waals surface area (Å²) in [5.74, 6) is -0.509. The maximum atomic E-state index is 12.0. The van der Waals surface area contributed by atoms with E-state index in [9.17, 15) is 9.59 Å². The van der Waals surface area contributed by atoms with Gasteiger partial charge >= 0.3 is 11.9 Å². The highest BCUT2D eigenvalue weighted by atomic mass is 16.7. The summed E-state index contributed by atoms with van der Waals surface area (Å²) >= 11 is 0. The highest BCUT2D eigenvalue weighted by Gasteiger charge is 2.42. The fourth-order valence-corrected chi connectivity index (χ4v) is 3.62. The van der Waals surface area contributed by atoms with E-state index in [1.165, 1.54) is 0 Å². The molecule has 0 aliphatic carbocycles. The van der Waals surface area contributed by atoms with Crippen LogP contribution in [0, 0.1) is 5.41 Å². The van der Waals surface area contributed by atoms with Crippen molar-refractivity contribution in [1.29, 1.82) is 0 Å². The Bertz CT molecular complexity index is 1100. The van der Waals surface area contributed by atoms with Crippen LogP contribution in [0.15, 0.2) is 67.3 Å². The molecule has 0 N–H and O–H groups in total. The second-order valence-electron chi connectivity index (χ2n) is 9.44. The molecule has 7 nitrogen and oxygen atoms in total. The second kappa shape index (κ2) is 11.5. The first-order valence-corrected chi connectivity index (χ1v) is 11.9. The van der Waals surface area contributed by atoms with E-state index < -0.39 is 23.1 Å². The standard InChI is InChI=1S/C29H34O7/c1-7-21-15-24(13-14-25(21)22-9-11-23(12-10-22)36-26(30)8-2)32-16-29(17-33-27(31)20(3)4)18-34-28(5,6)35-19-29/h8-15H,2-3,7,16-19H2,1,4-6H3. The zero-order valence-corrected chi connectivity index (χ0v) is 21.4. The maximum absolute atomic E-state index is 12.0. The van der Waals surface area contributed by atoms with Crippen LogP contribution in [0.1, 0.15) is 33.3 Å². The van der Waals surface area contributed by atoms with Gasteiger partial charge in [-0.3, -0.25) is 0 Å². The Morgan fingerprint density at radius 3 is 2.25 bits per heavy atom. The molecule has 36 heavy (non-hydrogen) atoms. The monoisotopic (exact) mass is 494 g/mol. The summed E-state index contributed by atoms with van der Waals surface area (Å²) in [5, 5.41) is 0. The predicted molar refractivity (Wildman–Crippen MR) is 137 cm³/mol. The first kappa shape index (κ1) is 27.2.